The second-order valence-electron chi connectivity index (χ2n) is 5.35. The van der Waals surface area contributed by atoms with E-state index >= 15 is 0 Å². The van der Waals surface area contributed by atoms with Crippen LogP contribution in [0.4, 0.5) is 0 Å². The maximum atomic E-state index is 12.6. The van der Waals surface area contributed by atoms with E-state index in [2.05, 4.69) is 32.5 Å². The molecule has 0 bridgehead atoms. The molecule has 5 nitrogen and oxygen atoms in total. The van der Waals surface area contributed by atoms with Crippen molar-refractivity contribution in [1.29, 1.82) is 0 Å². The van der Waals surface area contributed by atoms with E-state index in [0.29, 0.717) is 0 Å². The Morgan fingerprint density at radius 1 is 1.12 bits per heavy atom. The molecule has 1 atom stereocenters. The molecule has 0 saturated carbocycles. The molecule has 1 amide bonds. The van der Waals surface area contributed by atoms with Gasteiger partial charge in [0.15, 0.2) is 0 Å². The van der Waals surface area contributed by atoms with Crippen LogP contribution >= 0.6 is 15.9 Å². The van der Waals surface area contributed by atoms with Crippen LogP contribution in [0.25, 0.3) is 0 Å². The lowest BCUT2D eigenvalue weighted by atomic mass is 10.1. The number of rotatable bonds is 8. The van der Waals surface area contributed by atoms with Crippen molar-refractivity contribution in [2.75, 3.05) is 6.54 Å². The first-order valence-electron chi connectivity index (χ1n) is 7.63. The van der Waals surface area contributed by atoms with Crippen molar-refractivity contribution in [1.82, 2.24) is 10.0 Å². The second-order valence-corrected chi connectivity index (χ2v) is 7.98. The highest BCUT2D eigenvalue weighted by Gasteiger charge is 2.25. The highest BCUT2D eigenvalue weighted by atomic mass is 79.9. The Balaban J connectivity index is 2.23. The zero-order valence-corrected chi connectivity index (χ0v) is 15.9. The highest BCUT2D eigenvalue weighted by Crippen LogP contribution is 2.15. The van der Waals surface area contributed by atoms with E-state index in [0.717, 1.165) is 10.0 Å². The molecule has 2 aromatic carbocycles. The number of carbonyl (C=O) groups excluding carboxylic acids is 1. The summed E-state index contributed by atoms with van der Waals surface area (Å²) in [5.41, 5.74) is 0.861. The van der Waals surface area contributed by atoms with Crippen molar-refractivity contribution in [3.8, 4) is 0 Å². The molecular weight excluding hydrogens is 404 g/mol. The van der Waals surface area contributed by atoms with Crippen LogP contribution in [-0.2, 0) is 21.2 Å². The summed E-state index contributed by atoms with van der Waals surface area (Å²) in [5, 5.41) is 2.64. The van der Waals surface area contributed by atoms with Gasteiger partial charge in [0.1, 0.15) is 6.04 Å². The SMILES string of the molecule is C=CCNC(=O)[C@H](Cc1ccccc1)NS(=O)(=O)c1ccc(Br)cc1. The number of benzene rings is 2. The monoisotopic (exact) mass is 422 g/mol. The first-order chi connectivity index (χ1) is 11.9. The van der Waals surface area contributed by atoms with Gasteiger partial charge in [-0.05, 0) is 36.2 Å². The Morgan fingerprint density at radius 3 is 2.36 bits per heavy atom. The highest BCUT2D eigenvalue weighted by molar-refractivity contribution is 9.10. The minimum Gasteiger partial charge on any atom is -0.351 e. The molecule has 0 saturated heterocycles. The second kappa shape index (κ2) is 8.94. The quantitative estimate of drug-likeness (QED) is 0.642. The summed E-state index contributed by atoms with van der Waals surface area (Å²) in [7, 11) is -3.82. The van der Waals surface area contributed by atoms with Crippen LogP contribution in [0.5, 0.6) is 0 Å². The Kier molecular flexibility index (Phi) is 6.92. The van der Waals surface area contributed by atoms with E-state index in [1.165, 1.54) is 12.1 Å². The summed E-state index contributed by atoms with van der Waals surface area (Å²) in [6.45, 7) is 3.82. The molecular formula is C18H19BrN2O3S. The topological polar surface area (TPSA) is 75.3 Å². The van der Waals surface area contributed by atoms with Crippen molar-refractivity contribution >= 4 is 31.9 Å². The molecule has 0 heterocycles. The molecule has 0 fully saturated rings. The van der Waals surface area contributed by atoms with Gasteiger partial charge < -0.3 is 5.32 Å². The molecule has 0 spiro atoms. The van der Waals surface area contributed by atoms with Crippen LogP contribution < -0.4 is 10.0 Å². The number of carbonyl (C=O) groups is 1. The fourth-order valence-electron chi connectivity index (χ4n) is 2.20. The van der Waals surface area contributed by atoms with Gasteiger partial charge in [-0.1, -0.05) is 52.3 Å². The van der Waals surface area contributed by atoms with Gasteiger partial charge in [0.05, 0.1) is 4.90 Å². The zero-order valence-electron chi connectivity index (χ0n) is 13.5. The molecule has 0 radical (unpaired) electrons. The third-order valence-electron chi connectivity index (χ3n) is 3.44. The largest absolute Gasteiger partial charge is 0.351 e. The average molecular weight is 423 g/mol. The summed E-state index contributed by atoms with van der Waals surface area (Å²) in [4.78, 5) is 12.5. The van der Waals surface area contributed by atoms with E-state index in [1.54, 1.807) is 18.2 Å². The van der Waals surface area contributed by atoms with E-state index in [9.17, 15) is 13.2 Å². The molecule has 25 heavy (non-hydrogen) atoms. The van der Waals surface area contributed by atoms with Crippen molar-refractivity contribution in [3.05, 3.63) is 77.3 Å². The van der Waals surface area contributed by atoms with Crippen LogP contribution in [0.1, 0.15) is 5.56 Å². The summed E-state index contributed by atoms with van der Waals surface area (Å²) in [6, 6.07) is 14.6. The maximum Gasteiger partial charge on any atom is 0.241 e. The average Bonchev–Trinajstić information content (AvgIpc) is 2.60. The van der Waals surface area contributed by atoms with Gasteiger partial charge in [0.2, 0.25) is 15.9 Å². The molecule has 7 heteroatoms. The summed E-state index contributed by atoms with van der Waals surface area (Å²) in [6.07, 6.45) is 1.79. The van der Waals surface area contributed by atoms with Crippen molar-refractivity contribution < 1.29 is 13.2 Å². The minimum atomic E-state index is -3.82. The fraction of sp³-hybridized carbons (Fsp3) is 0.167. The molecule has 2 N–H and O–H groups in total. The van der Waals surface area contributed by atoms with Crippen LogP contribution in [0, 0.1) is 0 Å². The number of sulfonamides is 1. The molecule has 0 aliphatic heterocycles. The molecule has 0 unspecified atom stereocenters. The molecule has 0 aromatic heterocycles. The normalized spacial score (nSPS) is 12.4. The molecule has 0 aliphatic rings. The predicted molar refractivity (Wildman–Crippen MR) is 102 cm³/mol. The van der Waals surface area contributed by atoms with Gasteiger partial charge in [-0.3, -0.25) is 4.79 Å². The molecule has 2 aromatic rings. The van der Waals surface area contributed by atoms with Crippen LogP contribution in [0.15, 0.2) is 76.6 Å². The van der Waals surface area contributed by atoms with Crippen molar-refractivity contribution in [2.45, 2.75) is 17.4 Å². The van der Waals surface area contributed by atoms with E-state index in [-0.39, 0.29) is 17.9 Å². The fourth-order valence-corrected chi connectivity index (χ4v) is 3.66. The lowest BCUT2D eigenvalue weighted by Gasteiger charge is -2.18. The van der Waals surface area contributed by atoms with Gasteiger partial charge >= 0.3 is 0 Å². The molecule has 132 valence electrons. The number of hydrogen-bond acceptors (Lipinski definition) is 3. The molecule has 2 rings (SSSR count). The Bertz CT molecular complexity index is 821. The summed E-state index contributed by atoms with van der Waals surface area (Å²) >= 11 is 3.27. The summed E-state index contributed by atoms with van der Waals surface area (Å²) in [5.74, 6) is -0.399. The summed E-state index contributed by atoms with van der Waals surface area (Å²) < 4.78 is 28.5. The predicted octanol–water partition coefficient (Wildman–Crippen LogP) is 2.64. The Labute approximate surface area is 156 Å². The minimum absolute atomic E-state index is 0.102. The van der Waals surface area contributed by atoms with Gasteiger partial charge in [-0.2, -0.15) is 4.72 Å². The molecule has 0 aliphatic carbocycles. The van der Waals surface area contributed by atoms with Crippen LogP contribution in [0.2, 0.25) is 0 Å². The van der Waals surface area contributed by atoms with Gasteiger partial charge in [0, 0.05) is 11.0 Å². The van der Waals surface area contributed by atoms with E-state index < -0.39 is 22.0 Å². The van der Waals surface area contributed by atoms with Gasteiger partial charge in [-0.15, -0.1) is 6.58 Å². The maximum absolute atomic E-state index is 12.6. The smallest absolute Gasteiger partial charge is 0.241 e. The van der Waals surface area contributed by atoms with E-state index in [4.69, 9.17) is 0 Å². The number of halogens is 1. The van der Waals surface area contributed by atoms with Crippen LogP contribution in [-0.4, -0.2) is 26.9 Å². The Hall–Kier alpha value is -1.96. The van der Waals surface area contributed by atoms with Crippen molar-refractivity contribution in [3.63, 3.8) is 0 Å². The third-order valence-corrected chi connectivity index (χ3v) is 5.46. The third kappa shape index (κ3) is 5.81. The number of hydrogen-bond donors (Lipinski definition) is 2. The lowest BCUT2D eigenvalue weighted by molar-refractivity contribution is -0.122. The first kappa shape index (κ1) is 19.4. The van der Waals surface area contributed by atoms with E-state index in [1.807, 2.05) is 30.3 Å². The Morgan fingerprint density at radius 2 is 1.76 bits per heavy atom. The van der Waals surface area contributed by atoms with Gasteiger partial charge in [-0.25, -0.2) is 8.42 Å². The number of amides is 1. The zero-order chi connectivity index (χ0) is 18.3. The standard InChI is InChI=1S/C18H19BrN2O3S/c1-2-12-20-18(22)17(13-14-6-4-3-5-7-14)21-25(23,24)16-10-8-15(19)9-11-16/h2-11,17,21H,1,12-13H2,(H,20,22)/t17-/m0/s1. The van der Waals surface area contributed by atoms with Crippen molar-refractivity contribution in [2.24, 2.45) is 0 Å². The van der Waals surface area contributed by atoms with Gasteiger partial charge in [0.25, 0.3) is 0 Å². The van der Waals surface area contributed by atoms with Crippen LogP contribution in [0.3, 0.4) is 0 Å². The number of nitrogens with one attached hydrogen (secondary N) is 2. The lowest BCUT2D eigenvalue weighted by Crippen LogP contribution is -2.47. The first-order valence-corrected chi connectivity index (χ1v) is 9.90.